The first-order valence-electron chi connectivity index (χ1n) is 7.62. The van der Waals surface area contributed by atoms with Gasteiger partial charge < -0.3 is 10.2 Å². The summed E-state index contributed by atoms with van der Waals surface area (Å²) >= 11 is 0. The summed E-state index contributed by atoms with van der Waals surface area (Å²) in [7, 11) is 0. The number of rotatable bonds is 4. The van der Waals surface area contributed by atoms with E-state index in [1.165, 1.54) is 0 Å². The highest BCUT2D eigenvalue weighted by Gasteiger charge is 2.31. The van der Waals surface area contributed by atoms with Gasteiger partial charge in [-0.2, -0.15) is 5.10 Å². The molecule has 2 unspecified atom stereocenters. The van der Waals surface area contributed by atoms with Gasteiger partial charge in [0.25, 0.3) is 5.91 Å². The Morgan fingerprint density at radius 2 is 2.20 bits per heavy atom. The first-order valence-corrected chi connectivity index (χ1v) is 7.62. The monoisotopic (exact) mass is 278 g/mol. The molecule has 0 saturated carbocycles. The number of nitrogens with one attached hydrogen (secondary N) is 2. The van der Waals surface area contributed by atoms with Crippen molar-refractivity contribution in [1.82, 2.24) is 20.4 Å². The number of likely N-dealkylation sites (tertiary alicyclic amines) is 1. The molecule has 1 aliphatic heterocycles. The van der Waals surface area contributed by atoms with E-state index in [1.807, 2.05) is 18.7 Å². The zero-order chi connectivity index (χ0) is 14.7. The van der Waals surface area contributed by atoms with Crippen LogP contribution in [0.5, 0.6) is 0 Å². The van der Waals surface area contributed by atoms with Crippen LogP contribution in [0, 0.1) is 19.8 Å². The molecule has 1 saturated heterocycles. The highest BCUT2D eigenvalue weighted by Crippen LogP contribution is 2.23. The van der Waals surface area contributed by atoms with E-state index in [4.69, 9.17) is 0 Å². The van der Waals surface area contributed by atoms with E-state index in [0.717, 1.165) is 49.4 Å². The molecular weight excluding hydrogens is 252 g/mol. The highest BCUT2D eigenvalue weighted by atomic mass is 16.2. The van der Waals surface area contributed by atoms with Gasteiger partial charge in [-0.05, 0) is 32.7 Å². The Morgan fingerprint density at radius 3 is 2.75 bits per heavy atom. The molecule has 112 valence electrons. The molecule has 2 N–H and O–H groups in total. The number of hydrogen-bond acceptors (Lipinski definition) is 3. The van der Waals surface area contributed by atoms with Crippen LogP contribution in [0.4, 0.5) is 0 Å². The second-order valence-corrected chi connectivity index (χ2v) is 5.68. The van der Waals surface area contributed by atoms with Crippen molar-refractivity contribution >= 4 is 5.91 Å². The Kier molecular flexibility index (Phi) is 4.81. The summed E-state index contributed by atoms with van der Waals surface area (Å²) in [5.74, 6) is 0.669. The van der Waals surface area contributed by atoms with Crippen LogP contribution in [0.3, 0.4) is 0 Å². The van der Waals surface area contributed by atoms with Crippen molar-refractivity contribution in [3.05, 3.63) is 17.0 Å². The van der Waals surface area contributed by atoms with E-state index < -0.39 is 0 Å². The Hall–Kier alpha value is -1.36. The number of carbonyl (C=O) groups is 1. The van der Waals surface area contributed by atoms with Crippen molar-refractivity contribution in [3.8, 4) is 0 Å². The van der Waals surface area contributed by atoms with Gasteiger partial charge in [-0.1, -0.05) is 20.3 Å². The molecule has 20 heavy (non-hydrogen) atoms. The van der Waals surface area contributed by atoms with Crippen LogP contribution >= 0.6 is 0 Å². The van der Waals surface area contributed by atoms with Gasteiger partial charge in [0.1, 0.15) is 0 Å². The third-order valence-corrected chi connectivity index (χ3v) is 4.35. The molecule has 1 aromatic rings. The van der Waals surface area contributed by atoms with Crippen LogP contribution in [0.2, 0.25) is 0 Å². The number of H-pyrrole nitrogens is 1. The highest BCUT2D eigenvalue weighted by molar-refractivity contribution is 5.96. The summed E-state index contributed by atoms with van der Waals surface area (Å²) in [5, 5.41) is 10.6. The van der Waals surface area contributed by atoms with E-state index in [1.54, 1.807) is 0 Å². The lowest BCUT2D eigenvalue weighted by Gasteiger charge is -2.38. The van der Waals surface area contributed by atoms with Crippen LogP contribution in [-0.4, -0.2) is 46.7 Å². The van der Waals surface area contributed by atoms with E-state index in [9.17, 15) is 4.79 Å². The standard InChI is InChI=1S/C15H26N4O/c1-5-12-9-19(8-7-13(12)16-6-2)15(20)14-10(3)17-18-11(14)4/h12-13,16H,5-9H2,1-4H3,(H,17,18). The molecule has 0 radical (unpaired) electrons. The first kappa shape index (κ1) is 15.0. The SMILES string of the molecule is CCNC1CCN(C(=O)c2c(C)n[nH]c2C)CC1CC. The molecule has 1 fully saturated rings. The molecule has 2 atom stereocenters. The van der Waals surface area contributed by atoms with Crippen LogP contribution in [0.1, 0.15) is 48.4 Å². The lowest BCUT2D eigenvalue weighted by Crippen LogP contribution is -2.51. The molecule has 1 aromatic heterocycles. The fraction of sp³-hybridized carbons (Fsp3) is 0.733. The first-order chi connectivity index (χ1) is 9.58. The second-order valence-electron chi connectivity index (χ2n) is 5.68. The number of aromatic amines is 1. The van der Waals surface area contributed by atoms with Crippen LogP contribution in [-0.2, 0) is 0 Å². The molecule has 2 rings (SSSR count). The summed E-state index contributed by atoms with van der Waals surface area (Å²) in [6.45, 7) is 10.8. The van der Waals surface area contributed by atoms with E-state index in [-0.39, 0.29) is 5.91 Å². The number of nitrogens with zero attached hydrogens (tertiary/aromatic N) is 2. The number of aromatic nitrogens is 2. The average Bonchev–Trinajstić information content (AvgIpc) is 2.78. The molecule has 5 nitrogen and oxygen atoms in total. The zero-order valence-corrected chi connectivity index (χ0v) is 13.0. The second kappa shape index (κ2) is 6.39. The van der Waals surface area contributed by atoms with Gasteiger partial charge in [0.2, 0.25) is 0 Å². The van der Waals surface area contributed by atoms with Crippen LogP contribution in [0.25, 0.3) is 0 Å². The molecule has 0 bridgehead atoms. The summed E-state index contributed by atoms with van der Waals surface area (Å²) in [5.41, 5.74) is 2.42. The number of amides is 1. The molecule has 0 spiro atoms. The normalized spacial score (nSPS) is 23.1. The Balaban J connectivity index is 2.09. The van der Waals surface area contributed by atoms with E-state index >= 15 is 0 Å². The molecule has 1 aliphatic rings. The largest absolute Gasteiger partial charge is 0.338 e. The predicted octanol–water partition coefficient (Wildman–Crippen LogP) is 1.88. The summed E-state index contributed by atoms with van der Waals surface area (Å²) in [4.78, 5) is 14.7. The zero-order valence-electron chi connectivity index (χ0n) is 13.0. The smallest absolute Gasteiger partial charge is 0.257 e. The molecule has 0 aromatic carbocycles. The third kappa shape index (κ3) is 2.87. The predicted molar refractivity (Wildman–Crippen MR) is 79.8 cm³/mol. The maximum atomic E-state index is 12.7. The summed E-state index contributed by atoms with van der Waals surface area (Å²) in [6.07, 6.45) is 2.14. The Labute approximate surface area is 121 Å². The average molecular weight is 278 g/mol. The van der Waals surface area contributed by atoms with Gasteiger partial charge >= 0.3 is 0 Å². The maximum Gasteiger partial charge on any atom is 0.257 e. The van der Waals surface area contributed by atoms with E-state index in [2.05, 4.69) is 29.4 Å². The van der Waals surface area contributed by atoms with Crippen molar-refractivity contribution in [3.63, 3.8) is 0 Å². The van der Waals surface area contributed by atoms with Gasteiger partial charge in [-0.3, -0.25) is 9.89 Å². The van der Waals surface area contributed by atoms with Gasteiger partial charge in [-0.15, -0.1) is 0 Å². The summed E-state index contributed by atoms with van der Waals surface area (Å²) < 4.78 is 0. The Morgan fingerprint density at radius 1 is 1.45 bits per heavy atom. The van der Waals surface area contributed by atoms with Crippen molar-refractivity contribution in [2.45, 2.75) is 46.6 Å². The molecule has 5 heteroatoms. The van der Waals surface area contributed by atoms with Crippen molar-refractivity contribution < 1.29 is 4.79 Å². The number of carbonyl (C=O) groups excluding carboxylic acids is 1. The minimum atomic E-state index is 0.127. The lowest BCUT2D eigenvalue weighted by atomic mass is 9.89. The quantitative estimate of drug-likeness (QED) is 0.884. The number of aryl methyl sites for hydroxylation is 2. The lowest BCUT2D eigenvalue weighted by molar-refractivity contribution is 0.0626. The van der Waals surface area contributed by atoms with Crippen LogP contribution < -0.4 is 5.32 Å². The van der Waals surface area contributed by atoms with Gasteiger partial charge in [0.05, 0.1) is 11.3 Å². The molecular formula is C15H26N4O. The minimum absolute atomic E-state index is 0.127. The molecule has 2 heterocycles. The third-order valence-electron chi connectivity index (χ3n) is 4.35. The van der Waals surface area contributed by atoms with Crippen molar-refractivity contribution in [2.24, 2.45) is 5.92 Å². The maximum absolute atomic E-state index is 12.7. The van der Waals surface area contributed by atoms with Gasteiger partial charge in [0, 0.05) is 24.8 Å². The summed E-state index contributed by atoms with van der Waals surface area (Å²) in [6, 6.07) is 0.542. The fourth-order valence-electron chi connectivity index (χ4n) is 3.19. The van der Waals surface area contributed by atoms with Crippen molar-refractivity contribution in [2.75, 3.05) is 19.6 Å². The molecule has 1 amide bonds. The van der Waals surface area contributed by atoms with Gasteiger partial charge in [0.15, 0.2) is 0 Å². The fourth-order valence-corrected chi connectivity index (χ4v) is 3.19. The van der Waals surface area contributed by atoms with Crippen LogP contribution in [0.15, 0.2) is 0 Å². The van der Waals surface area contributed by atoms with Gasteiger partial charge in [-0.25, -0.2) is 0 Å². The van der Waals surface area contributed by atoms with E-state index in [0.29, 0.717) is 12.0 Å². The molecule has 0 aliphatic carbocycles. The number of hydrogen-bond donors (Lipinski definition) is 2. The Bertz CT molecular complexity index is 449. The minimum Gasteiger partial charge on any atom is -0.338 e. The van der Waals surface area contributed by atoms with Crippen molar-refractivity contribution in [1.29, 1.82) is 0 Å². The topological polar surface area (TPSA) is 61.0 Å². The number of piperidine rings is 1.